The van der Waals surface area contributed by atoms with E-state index in [1.807, 2.05) is 0 Å². The summed E-state index contributed by atoms with van der Waals surface area (Å²) in [5.41, 5.74) is 0.302. The molecule has 4 rings (SSSR count). The molecule has 9 nitrogen and oxygen atoms in total. The molecule has 0 spiro atoms. The van der Waals surface area contributed by atoms with E-state index in [4.69, 9.17) is 16.6 Å². The fourth-order valence-electron chi connectivity index (χ4n) is 2.61. The van der Waals surface area contributed by atoms with Crippen molar-refractivity contribution in [2.75, 3.05) is 0 Å². The van der Waals surface area contributed by atoms with Crippen LogP contribution in [0.15, 0.2) is 34.6 Å². The zero-order valence-corrected chi connectivity index (χ0v) is 13.7. The molecule has 1 amide bonds. The smallest absolute Gasteiger partial charge is 0.307 e. The molecule has 0 atom stereocenters. The second-order valence-electron chi connectivity index (χ2n) is 5.85. The van der Waals surface area contributed by atoms with Crippen LogP contribution in [0.5, 0.6) is 0 Å². The largest absolute Gasteiger partial charge is 0.460 e. The summed E-state index contributed by atoms with van der Waals surface area (Å²) in [5, 5.41) is 17.9. The van der Waals surface area contributed by atoms with Crippen LogP contribution in [0.1, 0.15) is 24.4 Å². The lowest BCUT2D eigenvalue weighted by atomic mass is 10.3. The first-order chi connectivity index (χ1) is 12.0. The van der Waals surface area contributed by atoms with E-state index < -0.39 is 4.92 Å². The van der Waals surface area contributed by atoms with Gasteiger partial charge in [0, 0.05) is 12.1 Å². The number of nitro groups is 1. The van der Waals surface area contributed by atoms with Gasteiger partial charge in [-0.15, -0.1) is 0 Å². The van der Waals surface area contributed by atoms with E-state index in [1.54, 1.807) is 23.1 Å². The van der Waals surface area contributed by atoms with Crippen LogP contribution in [-0.2, 0) is 11.3 Å². The fourth-order valence-corrected chi connectivity index (χ4v) is 2.95. The summed E-state index contributed by atoms with van der Waals surface area (Å²) in [6, 6.07) is 3.66. The lowest BCUT2D eigenvalue weighted by Crippen LogP contribution is -2.32. The van der Waals surface area contributed by atoms with Crippen molar-refractivity contribution in [2.45, 2.75) is 25.4 Å². The SMILES string of the molecule is O=C1/C(=C\c2ccc(Cn3cc([N+](=O)[O-])cn3)o2)NC(=S)N1C1CC1. The van der Waals surface area contributed by atoms with Crippen molar-refractivity contribution in [3.05, 3.63) is 51.9 Å². The topological polar surface area (TPSA) is 106 Å². The molecule has 1 aliphatic carbocycles. The van der Waals surface area contributed by atoms with Crippen molar-refractivity contribution in [3.8, 4) is 0 Å². The van der Waals surface area contributed by atoms with E-state index in [-0.39, 0.29) is 24.2 Å². The Bertz CT molecular complexity index is 911. The summed E-state index contributed by atoms with van der Waals surface area (Å²) in [7, 11) is 0. The highest BCUT2D eigenvalue weighted by molar-refractivity contribution is 7.80. The molecule has 10 heteroatoms. The van der Waals surface area contributed by atoms with Crippen molar-refractivity contribution in [1.82, 2.24) is 20.0 Å². The standard InChI is InChI=1S/C15H13N5O4S/c21-14-13(17-15(25)19(14)9-1-2-9)5-11-3-4-12(24-11)8-18-7-10(6-16-18)20(22)23/h3-7,9H,1-2,8H2,(H,17,25)/b13-5+. The third kappa shape index (κ3) is 3.03. The molecule has 2 aliphatic rings. The van der Waals surface area contributed by atoms with Crippen LogP contribution >= 0.6 is 12.2 Å². The minimum Gasteiger partial charge on any atom is -0.460 e. The molecule has 0 bridgehead atoms. The predicted octanol–water partition coefficient (Wildman–Crippen LogP) is 1.65. The summed E-state index contributed by atoms with van der Waals surface area (Å²) in [6.45, 7) is 0.255. The first kappa shape index (κ1) is 15.5. The second kappa shape index (κ2) is 5.81. The first-order valence-corrected chi connectivity index (χ1v) is 8.04. The Kier molecular flexibility index (Phi) is 3.61. The highest BCUT2D eigenvalue weighted by Gasteiger charge is 2.41. The lowest BCUT2D eigenvalue weighted by molar-refractivity contribution is -0.385. The van der Waals surface area contributed by atoms with Gasteiger partial charge >= 0.3 is 5.69 Å². The van der Waals surface area contributed by atoms with Crippen molar-refractivity contribution in [3.63, 3.8) is 0 Å². The Morgan fingerprint density at radius 3 is 2.96 bits per heavy atom. The highest BCUT2D eigenvalue weighted by atomic mass is 32.1. The Balaban J connectivity index is 1.48. The molecule has 1 N–H and O–H groups in total. The van der Waals surface area contributed by atoms with Crippen LogP contribution in [-0.4, -0.2) is 36.7 Å². The van der Waals surface area contributed by atoms with Crippen LogP contribution in [0.3, 0.4) is 0 Å². The number of nitrogens with one attached hydrogen (secondary N) is 1. The van der Waals surface area contributed by atoms with Gasteiger partial charge in [0.05, 0.1) is 11.5 Å². The number of carbonyl (C=O) groups is 1. The van der Waals surface area contributed by atoms with Gasteiger partial charge in [0.2, 0.25) is 0 Å². The van der Waals surface area contributed by atoms with Gasteiger partial charge in [-0.3, -0.25) is 24.5 Å². The number of hydrogen-bond acceptors (Lipinski definition) is 6. The van der Waals surface area contributed by atoms with Crippen LogP contribution in [0.2, 0.25) is 0 Å². The van der Waals surface area contributed by atoms with Crippen LogP contribution in [0.25, 0.3) is 6.08 Å². The molecule has 0 aromatic carbocycles. The molecule has 2 fully saturated rings. The summed E-state index contributed by atoms with van der Waals surface area (Å²) in [5.74, 6) is 0.915. The van der Waals surface area contributed by atoms with Crippen molar-refractivity contribution >= 4 is 35.0 Å². The van der Waals surface area contributed by atoms with Gasteiger partial charge in [-0.1, -0.05) is 0 Å². The number of hydrogen-bond donors (Lipinski definition) is 1. The zero-order valence-electron chi connectivity index (χ0n) is 12.9. The van der Waals surface area contributed by atoms with Gasteiger partial charge in [-0.05, 0) is 37.2 Å². The number of carbonyl (C=O) groups excluding carboxylic acids is 1. The Labute approximate surface area is 147 Å². The molecule has 1 saturated carbocycles. The van der Waals surface area contributed by atoms with Crippen molar-refractivity contribution in [1.29, 1.82) is 0 Å². The molecular formula is C15H13N5O4S. The summed E-state index contributed by atoms with van der Waals surface area (Å²) in [6.07, 6.45) is 6.06. The van der Waals surface area contributed by atoms with Gasteiger partial charge in [-0.2, -0.15) is 5.10 Å². The quantitative estimate of drug-likeness (QED) is 0.374. The monoisotopic (exact) mass is 359 g/mol. The predicted molar refractivity (Wildman–Crippen MR) is 90.3 cm³/mol. The average Bonchev–Trinajstić information content (AvgIpc) is 3.00. The number of amides is 1. The maximum Gasteiger partial charge on any atom is 0.307 e. The highest BCUT2D eigenvalue weighted by Crippen LogP contribution is 2.31. The normalized spacial score (nSPS) is 18.9. The number of rotatable bonds is 5. The van der Waals surface area contributed by atoms with E-state index in [0.717, 1.165) is 12.8 Å². The Hall–Kier alpha value is -3.01. The second-order valence-corrected chi connectivity index (χ2v) is 6.24. The van der Waals surface area contributed by atoms with Crippen LogP contribution in [0.4, 0.5) is 5.69 Å². The number of nitrogens with zero attached hydrogens (tertiary/aromatic N) is 4. The number of aromatic nitrogens is 2. The van der Waals surface area contributed by atoms with E-state index in [2.05, 4.69) is 10.4 Å². The van der Waals surface area contributed by atoms with Crippen LogP contribution in [0, 0.1) is 10.1 Å². The maximum atomic E-state index is 12.4. The first-order valence-electron chi connectivity index (χ1n) is 7.63. The third-order valence-corrected chi connectivity index (χ3v) is 4.24. The van der Waals surface area contributed by atoms with Crippen molar-refractivity contribution in [2.24, 2.45) is 0 Å². The fraction of sp³-hybridized carbons (Fsp3) is 0.267. The van der Waals surface area contributed by atoms with Gasteiger partial charge < -0.3 is 9.73 Å². The molecule has 1 aliphatic heterocycles. The maximum absolute atomic E-state index is 12.4. The van der Waals surface area contributed by atoms with Gasteiger partial charge in [0.15, 0.2) is 5.11 Å². The Morgan fingerprint density at radius 2 is 2.28 bits per heavy atom. The third-order valence-electron chi connectivity index (χ3n) is 3.94. The minimum absolute atomic E-state index is 0.0803. The summed E-state index contributed by atoms with van der Waals surface area (Å²) < 4.78 is 7.07. The molecule has 3 heterocycles. The van der Waals surface area contributed by atoms with E-state index in [9.17, 15) is 14.9 Å². The van der Waals surface area contributed by atoms with Gasteiger partial charge in [0.1, 0.15) is 29.6 Å². The zero-order chi connectivity index (χ0) is 17.6. The Morgan fingerprint density at radius 1 is 1.48 bits per heavy atom. The van der Waals surface area contributed by atoms with E-state index >= 15 is 0 Å². The minimum atomic E-state index is -0.507. The molecule has 2 aromatic heterocycles. The van der Waals surface area contributed by atoms with E-state index in [0.29, 0.717) is 22.3 Å². The molecule has 1 saturated heterocycles. The molecular weight excluding hydrogens is 346 g/mol. The van der Waals surface area contributed by atoms with Crippen LogP contribution < -0.4 is 5.32 Å². The number of furan rings is 1. The average molecular weight is 359 g/mol. The van der Waals surface area contributed by atoms with E-state index in [1.165, 1.54) is 17.1 Å². The summed E-state index contributed by atoms with van der Waals surface area (Å²) in [4.78, 5) is 24.1. The molecule has 2 aromatic rings. The molecule has 128 valence electrons. The van der Waals surface area contributed by atoms with Gasteiger partial charge in [0.25, 0.3) is 5.91 Å². The summed E-state index contributed by atoms with van der Waals surface area (Å²) >= 11 is 5.20. The lowest BCUT2D eigenvalue weighted by Gasteiger charge is -2.11. The molecule has 0 radical (unpaired) electrons. The molecule has 25 heavy (non-hydrogen) atoms. The van der Waals surface area contributed by atoms with Gasteiger partial charge in [-0.25, -0.2) is 0 Å². The molecule has 0 unspecified atom stereocenters. The number of thiocarbonyl (C=S) groups is 1. The van der Waals surface area contributed by atoms with Crippen molar-refractivity contribution < 1.29 is 14.1 Å².